The van der Waals surface area contributed by atoms with Crippen molar-refractivity contribution in [2.24, 2.45) is 0 Å². The molecule has 0 unspecified atom stereocenters. The number of hydrogen-bond donors (Lipinski definition) is 0. The fourth-order valence-corrected chi connectivity index (χ4v) is 2.58. The van der Waals surface area contributed by atoms with E-state index >= 15 is 0 Å². The fourth-order valence-electron chi connectivity index (χ4n) is 2.58. The van der Waals surface area contributed by atoms with Crippen molar-refractivity contribution < 1.29 is 0 Å². The van der Waals surface area contributed by atoms with Crippen LogP contribution in [0.2, 0.25) is 0 Å². The van der Waals surface area contributed by atoms with Crippen LogP contribution in [0.5, 0.6) is 0 Å². The van der Waals surface area contributed by atoms with Crippen LogP contribution in [0.3, 0.4) is 0 Å². The Morgan fingerprint density at radius 3 is 2.00 bits per heavy atom. The Bertz CT molecular complexity index is 420. The molecule has 1 heteroatoms. The van der Waals surface area contributed by atoms with Gasteiger partial charge in [0, 0.05) is 0 Å². The summed E-state index contributed by atoms with van der Waals surface area (Å²) < 4.78 is 0. The molecule has 0 radical (unpaired) electrons. The molecule has 76 valence electrons. The minimum absolute atomic E-state index is 0.342. The molecule has 0 heterocycles. The molecule has 0 bridgehead atoms. The van der Waals surface area contributed by atoms with Gasteiger partial charge in [-0.15, -0.1) is 0 Å². The van der Waals surface area contributed by atoms with E-state index in [0.29, 0.717) is 0 Å². The van der Waals surface area contributed by atoms with Crippen molar-refractivity contribution in [2.45, 2.75) is 32.1 Å². The van der Waals surface area contributed by atoms with Crippen LogP contribution in [0.25, 0.3) is 0 Å². The molecule has 1 aromatic rings. The van der Waals surface area contributed by atoms with E-state index in [1.807, 2.05) is 18.2 Å². The maximum Gasteiger partial charge on any atom is 0.125 e. The first kappa shape index (κ1) is 9.98. The number of hydrogen-bond acceptors (Lipinski definition) is 1. The first-order chi connectivity index (χ1) is 7.31. The van der Waals surface area contributed by atoms with Gasteiger partial charge in [0.05, 0.1) is 6.07 Å². The van der Waals surface area contributed by atoms with Gasteiger partial charge in [-0.2, -0.15) is 5.26 Å². The molecule has 0 spiro atoms. The molecule has 2 rings (SSSR count). The smallest absolute Gasteiger partial charge is 0.125 e. The first-order valence-corrected chi connectivity index (χ1v) is 5.51. The monoisotopic (exact) mass is 197 g/mol. The zero-order valence-corrected chi connectivity index (χ0v) is 9.25. The summed E-state index contributed by atoms with van der Waals surface area (Å²) in [7, 11) is 0. The van der Waals surface area contributed by atoms with Gasteiger partial charge in [0.2, 0.25) is 0 Å². The Labute approximate surface area is 91.0 Å². The standard InChI is InChI=1S/C14H15N/c1-3-12-13(4-2)14(12,10-15)11-8-6-5-7-9-11/h5-9H,3-4H2,1-2H3. The van der Waals surface area contributed by atoms with Gasteiger partial charge in [-0.1, -0.05) is 44.2 Å². The maximum absolute atomic E-state index is 9.42. The Morgan fingerprint density at radius 2 is 1.60 bits per heavy atom. The van der Waals surface area contributed by atoms with Crippen LogP contribution < -0.4 is 0 Å². The predicted molar refractivity (Wildman–Crippen MR) is 61.3 cm³/mol. The third-order valence-corrected chi connectivity index (χ3v) is 3.29. The number of rotatable bonds is 3. The Morgan fingerprint density at radius 1 is 1.07 bits per heavy atom. The predicted octanol–water partition coefficient (Wildman–Crippen LogP) is 3.58. The highest BCUT2D eigenvalue weighted by atomic mass is 14.5. The molecular weight excluding hydrogens is 182 g/mol. The largest absolute Gasteiger partial charge is 0.197 e. The first-order valence-electron chi connectivity index (χ1n) is 5.51. The van der Waals surface area contributed by atoms with Gasteiger partial charge < -0.3 is 0 Å². The van der Waals surface area contributed by atoms with Crippen molar-refractivity contribution in [3.05, 3.63) is 47.0 Å². The Hall–Kier alpha value is -1.55. The summed E-state index contributed by atoms with van der Waals surface area (Å²) in [5.41, 5.74) is 3.46. The summed E-state index contributed by atoms with van der Waals surface area (Å²) in [6.07, 6.45) is 1.98. The molecule has 0 saturated heterocycles. The second kappa shape index (κ2) is 3.55. The van der Waals surface area contributed by atoms with Crippen LogP contribution in [-0.4, -0.2) is 0 Å². The van der Waals surface area contributed by atoms with Gasteiger partial charge in [0.15, 0.2) is 0 Å². The summed E-state index contributed by atoms with van der Waals surface area (Å²) >= 11 is 0. The minimum atomic E-state index is -0.342. The van der Waals surface area contributed by atoms with Gasteiger partial charge in [-0.05, 0) is 29.6 Å². The lowest BCUT2D eigenvalue weighted by molar-refractivity contribution is 0.865. The van der Waals surface area contributed by atoms with Crippen LogP contribution in [0.1, 0.15) is 32.3 Å². The van der Waals surface area contributed by atoms with Crippen molar-refractivity contribution in [3.63, 3.8) is 0 Å². The minimum Gasteiger partial charge on any atom is -0.197 e. The average Bonchev–Trinajstić information content (AvgIpc) is 2.98. The molecule has 0 aromatic heterocycles. The molecule has 1 nitrogen and oxygen atoms in total. The third kappa shape index (κ3) is 1.22. The van der Waals surface area contributed by atoms with Gasteiger partial charge in [-0.25, -0.2) is 0 Å². The van der Waals surface area contributed by atoms with Crippen molar-refractivity contribution in [3.8, 4) is 6.07 Å². The van der Waals surface area contributed by atoms with Crippen LogP contribution in [0.4, 0.5) is 0 Å². The molecule has 1 aliphatic rings. The van der Waals surface area contributed by atoms with Crippen LogP contribution in [0, 0.1) is 11.3 Å². The van der Waals surface area contributed by atoms with Gasteiger partial charge in [0.1, 0.15) is 5.41 Å². The van der Waals surface area contributed by atoms with E-state index in [1.165, 1.54) is 11.1 Å². The molecule has 15 heavy (non-hydrogen) atoms. The van der Waals surface area contributed by atoms with E-state index in [-0.39, 0.29) is 5.41 Å². The summed E-state index contributed by atoms with van der Waals surface area (Å²) in [6.45, 7) is 4.26. The van der Waals surface area contributed by atoms with Crippen molar-refractivity contribution in [1.82, 2.24) is 0 Å². The van der Waals surface area contributed by atoms with E-state index in [2.05, 4.69) is 32.0 Å². The highest BCUT2D eigenvalue weighted by molar-refractivity contribution is 5.67. The van der Waals surface area contributed by atoms with Crippen molar-refractivity contribution in [2.75, 3.05) is 0 Å². The summed E-state index contributed by atoms with van der Waals surface area (Å²) in [5, 5.41) is 9.42. The van der Waals surface area contributed by atoms with E-state index in [0.717, 1.165) is 18.4 Å². The SMILES string of the molecule is CCC1=C(CC)C1(C#N)c1ccccc1. The highest BCUT2D eigenvalue weighted by Gasteiger charge is 2.52. The average molecular weight is 197 g/mol. The highest BCUT2D eigenvalue weighted by Crippen LogP contribution is 2.56. The normalized spacial score (nSPS) is 17.4. The zero-order valence-electron chi connectivity index (χ0n) is 9.25. The molecule has 1 aliphatic carbocycles. The zero-order chi connectivity index (χ0) is 10.9. The quantitative estimate of drug-likeness (QED) is 0.679. The summed E-state index contributed by atoms with van der Waals surface area (Å²) in [5.74, 6) is 0. The number of nitriles is 1. The summed E-state index contributed by atoms with van der Waals surface area (Å²) in [4.78, 5) is 0. The summed E-state index contributed by atoms with van der Waals surface area (Å²) in [6, 6.07) is 12.6. The van der Waals surface area contributed by atoms with Gasteiger partial charge >= 0.3 is 0 Å². The lowest BCUT2D eigenvalue weighted by atomic mass is 9.88. The maximum atomic E-state index is 9.42. The molecule has 0 atom stereocenters. The second-order valence-electron chi connectivity index (χ2n) is 3.89. The topological polar surface area (TPSA) is 23.8 Å². The van der Waals surface area contributed by atoms with E-state index in [9.17, 15) is 5.26 Å². The molecule has 0 aliphatic heterocycles. The molecule has 0 saturated carbocycles. The number of nitrogens with zero attached hydrogens (tertiary/aromatic N) is 1. The van der Waals surface area contributed by atoms with Crippen LogP contribution in [0.15, 0.2) is 41.5 Å². The van der Waals surface area contributed by atoms with E-state index < -0.39 is 0 Å². The van der Waals surface area contributed by atoms with Crippen molar-refractivity contribution >= 4 is 0 Å². The molecule has 0 N–H and O–H groups in total. The van der Waals surface area contributed by atoms with Crippen LogP contribution in [-0.2, 0) is 5.41 Å². The lowest BCUT2D eigenvalue weighted by Gasteiger charge is -2.11. The third-order valence-electron chi connectivity index (χ3n) is 3.29. The Kier molecular flexibility index (Phi) is 2.36. The van der Waals surface area contributed by atoms with E-state index in [1.54, 1.807) is 0 Å². The molecule has 0 fully saturated rings. The molecule has 0 amide bonds. The molecule has 1 aromatic carbocycles. The van der Waals surface area contributed by atoms with E-state index in [4.69, 9.17) is 0 Å². The number of benzene rings is 1. The fraction of sp³-hybridized carbons (Fsp3) is 0.357. The van der Waals surface area contributed by atoms with Crippen molar-refractivity contribution in [1.29, 1.82) is 5.26 Å². The molecular formula is C14H15N. The second-order valence-corrected chi connectivity index (χ2v) is 3.89. The lowest BCUT2D eigenvalue weighted by Crippen LogP contribution is -2.10. The van der Waals surface area contributed by atoms with Crippen LogP contribution >= 0.6 is 0 Å². The Balaban J connectivity index is 2.42. The number of allylic oxidation sites excluding steroid dienone is 2. The van der Waals surface area contributed by atoms with Gasteiger partial charge in [-0.3, -0.25) is 0 Å². The van der Waals surface area contributed by atoms with Gasteiger partial charge in [0.25, 0.3) is 0 Å².